The van der Waals surface area contributed by atoms with E-state index in [1.165, 1.54) is 7.11 Å². The zero-order chi connectivity index (χ0) is 24.0. The van der Waals surface area contributed by atoms with E-state index >= 15 is 0 Å². The van der Waals surface area contributed by atoms with Gasteiger partial charge in [-0.25, -0.2) is 0 Å². The van der Waals surface area contributed by atoms with Gasteiger partial charge < -0.3 is 25.3 Å². The molecule has 174 valence electrons. The molecular formula is C24H27BrN4O4. The molecule has 1 aliphatic heterocycles. The number of azo groups is 1. The fourth-order valence-electron chi connectivity index (χ4n) is 2.89. The minimum absolute atomic E-state index is 0.270. The van der Waals surface area contributed by atoms with Gasteiger partial charge in [0, 0.05) is 15.7 Å². The van der Waals surface area contributed by atoms with Crippen molar-refractivity contribution in [3.8, 4) is 11.5 Å². The molecule has 8 nitrogen and oxygen atoms in total. The van der Waals surface area contributed by atoms with Crippen molar-refractivity contribution in [2.24, 2.45) is 16.0 Å². The first kappa shape index (κ1) is 24.5. The molecule has 0 fully saturated rings. The number of amides is 1. The van der Waals surface area contributed by atoms with E-state index < -0.39 is 5.54 Å². The highest BCUT2D eigenvalue weighted by Gasteiger charge is 2.18. The molecule has 0 bridgehead atoms. The lowest BCUT2D eigenvalue weighted by Gasteiger charge is -2.20. The van der Waals surface area contributed by atoms with Crippen molar-refractivity contribution in [2.45, 2.75) is 32.4 Å². The van der Waals surface area contributed by atoms with E-state index in [1.807, 2.05) is 20.8 Å². The maximum absolute atomic E-state index is 12.8. The number of nitrogens with zero attached hydrogens (tertiary/aromatic N) is 2. The minimum atomic E-state index is -0.534. The lowest BCUT2D eigenvalue weighted by Crippen LogP contribution is -2.38. The Kier molecular flexibility index (Phi) is 7.88. The van der Waals surface area contributed by atoms with Crippen molar-refractivity contribution in [3.05, 3.63) is 70.5 Å². The first-order chi connectivity index (χ1) is 15.7. The molecule has 1 atom stereocenters. The van der Waals surface area contributed by atoms with Crippen molar-refractivity contribution in [1.29, 1.82) is 0 Å². The van der Waals surface area contributed by atoms with E-state index in [9.17, 15) is 4.79 Å². The zero-order valence-electron chi connectivity index (χ0n) is 19.0. The van der Waals surface area contributed by atoms with E-state index in [0.29, 0.717) is 34.1 Å². The Bertz CT molecular complexity index is 1110. The monoisotopic (exact) mass is 514 g/mol. The van der Waals surface area contributed by atoms with Crippen LogP contribution in [0.5, 0.6) is 11.5 Å². The van der Waals surface area contributed by atoms with Crippen molar-refractivity contribution in [2.75, 3.05) is 19.0 Å². The summed E-state index contributed by atoms with van der Waals surface area (Å²) in [6.45, 7) is 5.88. The second-order valence-electron chi connectivity index (χ2n) is 8.13. The molecule has 1 heterocycles. The number of para-hydroxylation sites is 1. The molecule has 0 aliphatic carbocycles. The average molecular weight is 515 g/mol. The van der Waals surface area contributed by atoms with Gasteiger partial charge in [0.2, 0.25) is 0 Å². The molecule has 1 aliphatic rings. The van der Waals surface area contributed by atoms with Crippen molar-refractivity contribution in [3.63, 3.8) is 0 Å². The van der Waals surface area contributed by atoms with Gasteiger partial charge in [0.05, 0.1) is 18.9 Å². The Hall–Kier alpha value is -3.17. The van der Waals surface area contributed by atoms with Crippen molar-refractivity contribution >= 4 is 33.2 Å². The van der Waals surface area contributed by atoms with Crippen LogP contribution in [0.4, 0.5) is 11.4 Å². The molecule has 3 N–H and O–H groups in total. The second-order valence-corrected chi connectivity index (χ2v) is 8.98. The van der Waals surface area contributed by atoms with Gasteiger partial charge in [0.1, 0.15) is 35.6 Å². The number of hydrogen-bond acceptors (Lipinski definition) is 7. The van der Waals surface area contributed by atoms with Crippen LogP contribution in [0.15, 0.2) is 75.2 Å². The third-order valence-electron chi connectivity index (χ3n) is 4.56. The molecule has 0 saturated heterocycles. The van der Waals surface area contributed by atoms with Crippen LogP contribution in [0, 0.1) is 0 Å². The summed E-state index contributed by atoms with van der Waals surface area (Å²) in [5, 5.41) is 11.6. The van der Waals surface area contributed by atoms with E-state index in [4.69, 9.17) is 19.9 Å². The molecule has 1 unspecified atom stereocenters. The number of allylic oxidation sites excluding steroid dienone is 2. The SMILES string of the molecule is COc1ccccc1C(=O)Nc1ccc(OCC(C)(C)N)c(N=NC2=C(Br)C=COC2C)c1. The summed E-state index contributed by atoms with van der Waals surface area (Å²) < 4.78 is 17.4. The molecular weight excluding hydrogens is 488 g/mol. The number of carbonyl (C=O) groups is 1. The van der Waals surface area contributed by atoms with Gasteiger partial charge in [-0.05, 0) is 73.1 Å². The smallest absolute Gasteiger partial charge is 0.259 e. The summed E-state index contributed by atoms with van der Waals surface area (Å²) in [4.78, 5) is 12.8. The molecule has 0 aromatic heterocycles. The van der Waals surface area contributed by atoms with Gasteiger partial charge in [0.25, 0.3) is 5.91 Å². The predicted molar refractivity (Wildman–Crippen MR) is 131 cm³/mol. The standard InChI is InChI=1S/C24H27BrN4O4/c1-15-22(18(25)11-12-32-15)29-28-19-13-16(9-10-21(19)33-14-24(2,3)26)27-23(30)17-7-5-6-8-20(17)31-4/h5-13,15H,14,26H2,1-4H3,(H,27,30). The van der Waals surface area contributed by atoms with E-state index in [2.05, 4.69) is 31.5 Å². The maximum atomic E-state index is 12.8. The molecule has 0 spiro atoms. The Morgan fingerprint density at radius 2 is 1.97 bits per heavy atom. The summed E-state index contributed by atoms with van der Waals surface area (Å²) >= 11 is 3.47. The van der Waals surface area contributed by atoms with Crippen LogP contribution in [0.3, 0.4) is 0 Å². The zero-order valence-corrected chi connectivity index (χ0v) is 20.5. The Morgan fingerprint density at radius 1 is 1.21 bits per heavy atom. The summed E-state index contributed by atoms with van der Waals surface area (Å²) in [7, 11) is 1.52. The topological polar surface area (TPSA) is 108 Å². The first-order valence-corrected chi connectivity index (χ1v) is 11.1. The molecule has 9 heteroatoms. The first-order valence-electron chi connectivity index (χ1n) is 10.3. The van der Waals surface area contributed by atoms with Gasteiger partial charge in [0.15, 0.2) is 0 Å². The molecule has 3 rings (SSSR count). The number of methoxy groups -OCH3 is 1. The second kappa shape index (κ2) is 10.6. The number of halogens is 1. The van der Waals surface area contributed by atoms with Crippen LogP contribution in [-0.4, -0.2) is 31.3 Å². The summed E-state index contributed by atoms with van der Waals surface area (Å²) in [5.74, 6) is 0.664. The van der Waals surface area contributed by atoms with Gasteiger partial charge in [-0.15, -0.1) is 10.2 Å². The predicted octanol–water partition coefficient (Wildman–Crippen LogP) is 5.69. The number of rotatable bonds is 8. The van der Waals surface area contributed by atoms with Crippen molar-refractivity contribution in [1.82, 2.24) is 0 Å². The highest BCUT2D eigenvalue weighted by atomic mass is 79.9. The number of anilines is 1. The Labute approximate surface area is 201 Å². The van der Waals surface area contributed by atoms with Crippen LogP contribution >= 0.6 is 15.9 Å². The molecule has 33 heavy (non-hydrogen) atoms. The lowest BCUT2D eigenvalue weighted by atomic mass is 10.1. The minimum Gasteiger partial charge on any atom is -0.496 e. The third-order valence-corrected chi connectivity index (χ3v) is 5.23. The lowest BCUT2D eigenvalue weighted by molar-refractivity contribution is 0.102. The normalized spacial score (nSPS) is 16.0. The number of hydrogen-bond donors (Lipinski definition) is 2. The largest absolute Gasteiger partial charge is 0.496 e. The van der Waals surface area contributed by atoms with E-state index in [1.54, 1.807) is 54.8 Å². The highest BCUT2D eigenvalue weighted by molar-refractivity contribution is 9.11. The van der Waals surface area contributed by atoms with Crippen LogP contribution in [0.1, 0.15) is 31.1 Å². The van der Waals surface area contributed by atoms with Gasteiger partial charge in [-0.1, -0.05) is 12.1 Å². The maximum Gasteiger partial charge on any atom is 0.259 e. The highest BCUT2D eigenvalue weighted by Crippen LogP contribution is 2.34. The summed E-state index contributed by atoms with van der Waals surface area (Å²) in [6, 6.07) is 12.1. The fraction of sp³-hybridized carbons (Fsp3) is 0.292. The number of ether oxygens (including phenoxy) is 3. The van der Waals surface area contributed by atoms with Gasteiger partial charge in [-0.3, -0.25) is 4.79 Å². The molecule has 2 aromatic carbocycles. The van der Waals surface area contributed by atoms with Crippen LogP contribution < -0.4 is 20.5 Å². The Morgan fingerprint density at radius 3 is 2.67 bits per heavy atom. The number of carbonyl (C=O) groups excluding carboxylic acids is 1. The van der Waals surface area contributed by atoms with Crippen LogP contribution in [0.2, 0.25) is 0 Å². The van der Waals surface area contributed by atoms with Crippen LogP contribution in [0.25, 0.3) is 0 Å². The van der Waals surface area contributed by atoms with Gasteiger partial charge >= 0.3 is 0 Å². The fourth-order valence-corrected chi connectivity index (χ4v) is 3.40. The van der Waals surface area contributed by atoms with E-state index in [-0.39, 0.29) is 18.6 Å². The number of nitrogens with two attached hydrogens (primary N) is 1. The molecule has 0 radical (unpaired) electrons. The van der Waals surface area contributed by atoms with E-state index in [0.717, 1.165) is 4.48 Å². The summed E-state index contributed by atoms with van der Waals surface area (Å²) in [5.41, 5.74) is 7.54. The number of benzene rings is 2. The average Bonchev–Trinajstić information content (AvgIpc) is 2.77. The quantitative estimate of drug-likeness (QED) is 0.440. The molecule has 2 aromatic rings. The van der Waals surface area contributed by atoms with Gasteiger partial charge in [-0.2, -0.15) is 0 Å². The van der Waals surface area contributed by atoms with Crippen LogP contribution in [-0.2, 0) is 4.74 Å². The number of nitrogens with one attached hydrogen (secondary N) is 1. The summed E-state index contributed by atoms with van der Waals surface area (Å²) in [6.07, 6.45) is 3.08. The van der Waals surface area contributed by atoms with Crippen molar-refractivity contribution < 1.29 is 19.0 Å². The molecule has 0 saturated carbocycles. The molecule has 1 amide bonds. The Balaban J connectivity index is 1.91. The third kappa shape index (κ3) is 6.66.